The first kappa shape index (κ1) is 18.1. The van der Waals surface area contributed by atoms with E-state index in [4.69, 9.17) is 14.5 Å². The van der Waals surface area contributed by atoms with Crippen molar-refractivity contribution >= 4 is 5.84 Å². The highest BCUT2D eigenvalue weighted by atomic mass is 16.5. The molecular weight excluding hydrogens is 348 g/mol. The number of nitrogens with zero attached hydrogens (tertiary/aromatic N) is 1. The van der Waals surface area contributed by atoms with Gasteiger partial charge in [-0.1, -0.05) is 60.7 Å². The summed E-state index contributed by atoms with van der Waals surface area (Å²) in [6.45, 7) is 0.660. The molecule has 4 rings (SSSR count). The Labute approximate surface area is 165 Å². The van der Waals surface area contributed by atoms with Crippen molar-refractivity contribution in [3.8, 4) is 11.5 Å². The molecule has 0 saturated carbocycles. The maximum Gasteiger partial charge on any atom is 0.161 e. The molecule has 4 heteroatoms. The molecule has 3 aromatic rings. The first-order valence-electron chi connectivity index (χ1n) is 9.42. The third-order valence-electron chi connectivity index (χ3n) is 5.05. The van der Waals surface area contributed by atoms with E-state index in [1.165, 1.54) is 22.3 Å². The molecule has 0 aliphatic carbocycles. The van der Waals surface area contributed by atoms with Gasteiger partial charge in [0, 0.05) is 6.42 Å². The fourth-order valence-corrected chi connectivity index (χ4v) is 3.61. The molecule has 1 unspecified atom stereocenters. The molecule has 0 saturated heterocycles. The van der Waals surface area contributed by atoms with Crippen molar-refractivity contribution < 1.29 is 9.47 Å². The Kier molecular flexibility index (Phi) is 5.29. The molecule has 1 aliphatic rings. The summed E-state index contributed by atoms with van der Waals surface area (Å²) in [7, 11) is 3.34. The molecule has 1 heterocycles. The summed E-state index contributed by atoms with van der Waals surface area (Å²) in [6.07, 6.45) is 0.742. The van der Waals surface area contributed by atoms with Crippen molar-refractivity contribution in [3.05, 3.63) is 95.1 Å². The van der Waals surface area contributed by atoms with Crippen LogP contribution < -0.4 is 14.8 Å². The van der Waals surface area contributed by atoms with Crippen LogP contribution in [0.4, 0.5) is 0 Å². The van der Waals surface area contributed by atoms with Gasteiger partial charge in [0.2, 0.25) is 0 Å². The van der Waals surface area contributed by atoms with Gasteiger partial charge < -0.3 is 14.8 Å². The van der Waals surface area contributed by atoms with Crippen LogP contribution in [0.3, 0.4) is 0 Å². The molecule has 28 heavy (non-hydrogen) atoms. The lowest BCUT2D eigenvalue weighted by atomic mass is 9.89. The van der Waals surface area contributed by atoms with Crippen molar-refractivity contribution in [1.82, 2.24) is 5.32 Å². The molecule has 0 spiro atoms. The van der Waals surface area contributed by atoms with E-state index in [2.05, 4.69) is 53.8 Å². The Morgan fingerprint density at radius 2 is 1.54 bits per heavy atom. The van der Waals surface area contributed by atoms with Gasteiger partial charge in [0.25, 0.3) is 0 Å². The Morgan fingerprint density at radius 3 is 2.21 bits per heavy atom. The van der Waals surface area contributed by atoms with Crippen LogP contribution >= 0.6 is 0 Å². The minimum atomic E-state index is 0.0271. The number of rotatable bonds is 5. The number of hydrogen-bond donors (Lipinski definition) is 1. The molecule has 1 atom stereocenters. The SMILES string of the molecule is COc1cc2c(cc1OC)C(c1ccccc1)NC(=NCc1ccccc1)C2. The highest BCUT2D eigenvalue weighted by Gasteiger charge is 2.26. The topological polar surface area (TPSA) is 42.9 Å². The van der Waals surface area contributed by atoms with Gasteiger partial charge in [0.1, 0.15) is 5.84 Å². The maximum absolute atomic E-state index is 5.54. The molecule has 0 amide bonds. The van der Waals surface area contributed by atoms with Gasteiger partial charge in [-0.05, 0) is 34.4 Å². The zero-order valence-electron chi connectivity index (χ0n) is 16.2. The second-order valence-corrected chi connectivity index (χ2v) is 6.82. The monoisotopic (exact) mass is 372 g/mol. The average molecular weight is 372 g/mol. The van der Waals surface area contributed by atoms with Crippen molar-refractivity contribution in [2.45, 2.75) is 19.0 Å². The summed E-state index contributed by atoms with van der Waals surface area (Å²) in [5.74, 6) is 2.48. The first-order chi connectivity index (χ1) is 13.8. The summed E-state index contributed by atoms with van der Waals surface area (Å²) in [6, 6.07) is 24.9. The second kappa shape index (κ2) is 8.17. The fourth-order valence-electron chi connectivity index (χ4n) is 3.61. The van der Waals surface area contributed by atoms with Gasteiger partial charge >= 0.3 is 0 Å². The second-order valence-electron chi connectivity index (χ2n) is 6.82. The summed E-state index contributed by atoms with van der Waals surface area (Å²) >= 11 is 0. The van der Waals surface area contributed by atoms with Crippen LogP contribution in [0.5, 0.6) is 11.5 Å². The van der Waals surface area contributed by atoms with Crippen LogP contribution in [-0.4, -0.2) is 20.1 Å². The molecule has 1 aliphatic heterocycles. The third kappa shape index (κ3) is 3.72. The highest BCUT2D eigenvalue weighted by molar-refractivity contribution is 5.88. The average Bonchev–Trinajstić information content (AvgIpc) is 2.77. The fraction of sp³-hybridized carbons (Fsp3) is 0.208. The van der Waals surface area contributed by atoms with Crippen LogP contribution in [0, 0.1) is 0 Å². The quantitative estimate of drug-likeness (QED) is 0.715. The standard InChI is InChI=1S/C24H24N2O2/c1-27-21-13-19-14-23(25-16-17-9-5-3-6-10-17)26-24(18-11-7-4-8-12-18)20(19)15-22(21)28-2/h3-13,15,24H,14,16H2,1-2H3,(H,25,26). The predicted molar refractivity (Wildman–Crippen MR) is 112 cm³/mol. The predicted octanol–water partition coefficient (Wildman–Crippen LogP) is 4.54. The zero-order chi connectivity index (χ0) is 19.3. The summed E-state index contributed by atoms with van der Waals surface area (Å²) in [4.78, 5) is 4.86. The van der Waals surface area contributed by atoms with E-state index in [9.17, 15) is 0 Å². The molecule has 0 aromatic heterocycles. The maximum atomic E-state index is 5.54. The number of aliphatic imine (C=N–C) groups is 1. The molecule has 3 aromatic carbocycles. The van der Waals surface area contributed by atoms with Gasteiger partial charge in [0.15, 0.2) is 11.5 Å². The molecule has 142 valence electrons. The number of amidine groups is 1. The van der Waals surface area contributed by atoms with E-state index in [1.54, 1.807) is 14.2 Å². The van der Waals surface area contributed by atoms with Crippen LogP contribution in [0.2, 0.25) is 0 Å². The number of nitrogens with one attached hydrogen (secondary N) is 1. The van der Waals surface area contributed by atoms with Crippen LogP contribution in [0.15, 0.2) is 77.8 Å². The molecular formula is C24H24N2O2. The lowest BCUT2D eigenvalue weighted by molar-refractivity contribution is 0.353. The normalized spacial score (nSPS) is 16.9. The number of ether oxygens (including phenoxy) is 2. The van der Waals surface area contributed by atoms with E-state index in [1.807, 2.05) is 24.3 Å². The summed E-state index contributed by atoms with van der Waals surface area (Å²) < 4.78 is 11.1. The van der Waals surface area contributed by atoms with E-state index in [0.717, 1.165) is 23.8 Å². The van der Waals surface area contributed by atoms with Gasteiger partial charge in [0.05, 0.1) is 26.8 Å². The molecule has 0 bridgehead atoms. The zero-order valence-corrected chi connectivity index (χ0v) is 16.2. The minimum absolute atomic E-state index is 0.0271. The molecule has 4 nitrogen and oxygen atoms in total. The highest BCUT2D eigenvalue weighted by Crippen LogP contribution is 2.37. The van der Waals surface area contributed by atoms with Crippen molar-refractivity contribution in [3.63, 3.8) is 0 Å². The van der Waals surface area contributed by atoms with Crippen LogP contribution in [0.25, 0.3) is 0 Å². The molecule has 0 radical (unpaired) electrons. The number of hydrogen-bond acceptors (Lipinski definition) is 3. The Morgan fingerprint density at radius 1 is 0.893 bits per heavy atom. The smallest absolute Gasteiger partial charge is 0.161 e. The first-order valence-corrected chi connectivity index (χ1v) is 9.42. The summed E-state index contributed by atoms with van der Waals surface area (Å²) in [5.41, 5.74) is 4.80. The third-order valence-corrected chi connectivity index (χ3v) is 5.05. The van der Waals surface area contributed by atoms with E-state index in [-0.39, 0.29) is 6.04 Å². The van der Waals surface area contributed by atoms with Crippen molar-refractivity contribution in [2.75, 3.05) is 14.2 Å². The van der Waals surface area contributed by atoms with Gasteiger partial charge in [-0.3, -0.25) is 4.99 Å². The summed E-state index contributed by atoms with van der Waals surface area (Å²) in [5, 5.41) is 3.64. The lowest BCUT2D eigenvalue weighted by Gasteiger charge is -2.30. The Balaban J connectivity index is 1.73. The van der Waals surface area contributed by atoms with E-state index in [0.29, 0.717) is 6.54 Å². The largest absolute Gasteiger partial charge is 0.493 e. The van der Waals surface area contributed by atoms with Crippen LogP contribution in [-0.2, 0) is 13.0 Å². The lowest BCUT2D eigenvalue weighted by Crippen LogP contribution is -2.36. The minimum Gasteiger partial charge on any atom is -0.493 e. The molecule has 1 N–H and O–H groups in total. The number of fused-ring (bicyclic) bond motifs is 1. The van der Waals surface area contributed by atoms with Crippen molar-refractivity contribution in [2.24, 2.45) is 4.99 Å². The van der Waals surface area contributed by atoms with Crippen LogP contribution in [0.1, 0.15) is 28.3 Å². The van der Waals surface area contributed by atoms with Gasteiger partial charge in [-0.15, -0.1) is 0 Å². The van der Waals surface area contributed by atoms with Gasteiger partial charge in [-0.25, -0.2) is 0 Å². The van der Waals surface area contributed by atoms with Crippen molar-refractivity contribution in [1.29, 1.82) is 0 Å². The molecule has 0 fully saturated rings. The van der Waals surface area contributed by atoms with E-state index >= 15 is 0 Å². The Hall–Kier alpha value is -3.27. The number of methoxy groups -OCH3 is 2. The van der Waals surface area contributed by atoms with Gasteiger partial charge in [-0.2, -0.15) is 0 Å². The number of benzene rings is 3. The van der Waals surface area contributed by atoms with E-state index < -0.39 is 0 Å². The Bertz CT molecular complexity index is 969.